The summed E-state index contributed by atoms with van der Waals surface area (Å²) >= 11 is 0. The molecule has 0 atom stereocenters. The van der Waals surface area contributed by atoms with E-state index < -0.39 is 0 Å². The molecule has 26 heavy (non-hydrogen) atoms. The number of ether oxygens (including phenoxy) is 1. The van der Waals surface area contributed by atoms with E-state index in [1.807, 2.05) is 67.1 Å². The minimum atomic E-state index is -0.0824. The Morgan fingerprint density at radius 3 is 2.46 bits per heavy atom. The maximum atomic E-state index is 12.6. The lowest BCUT2D eigenvalue weighted by atomic mass is 10.1. The highest BCUT2D eigenvalue weighted by Gasteiger charge is 2.13. The van der Waals surface area contributed by atoms with E-state index in [1.165, 1.54) is 0 Å². The molecular formula is C21H23N3O2. The number of nitrogens with zero attached hydrogens (tertiary/aromatic N) is 2. The predicted octanol–water partition coefficient (Wildman–Crippen LogP) is 3.90. The van der Waals surface area contributed by atoms with Crippen molar-refractivity contribution in [1.29, 1.82) is 0 Å². The van der Waals surface area contributed by atoms with Crippen LogP contribution in [0.1, 0.15) is 29.9 Å². The minimum Gasteiger partial charge on any atom is -0.494 e. The zero-order valence-corrected chi connectivity index (χ0v) is 15.1. The first-order chi connectivity index (χ1) is 12.7. The molecule has 0 aliphatic heterocycles. The van der Waals surface area contributed by atoms with E-state index in [-0.39, 0.29) is 5.91 Å². The van der Waals surface area contributed by atoms with Crippen LogP contribution in [0.5, 0.6) is 5.75 Å². The van der Waals surface area contributed by atoms with Crippen molar-refractivity contribution in [2.24, 2.45) is 0 Å². The van der Waals surface area contributed by atoms with Crippen LogP contribution in [-0.4, -0.2) is 22.1 Å². The van der Waals surface area contributed by atoms with Gasteiger partial charge in [-0.1, -0.05) is 12.1 Å². The summed E-state index contributed by atoms with van der Waals surface area (Å²) in [5.74, 6) is 0.755. The zero-order chi connectivity index (χ0) is 18.4. The molecule has 0 aliphatic carbocycles. The van der Waals surface area contributed by atoms with E-state index in [2.05, 4.69) is 10.3 Å². The highest BCUT2D eigenvalue weighted by atomic mass is 16.5. The summed E-state index contributed by atoms with van der Waals surface area (Å²) in [6, 6.07) is 13.6. The van der Waals surface area contributed by atoms with Crippen molar-refractivity contribution in [1.82, 2.24) is 14.9 Å². The molecule has 0 spiro atoms. The Labute approximate surface area is 153 Å². The largest absolute Gasteiger partial charge is 0.494 e. The molecule has 0 bridgehead atoms. The highest BCUT2D eigenvalue weighted by Crippen LogP contribution is 2.22. The minimum absolute atomic E-state index is 0.0824. The number of hydrogen-bond acceptors (Lipinski definition) is 3. The molecular weight excluding hydrogens is 326 g/mol. The molecule has 2 aromatic heterocycles. The van der Waals surface area contributed by atoms with Crippen LogP contribution in [0.4, 0.5) is 0 Å². The molecule has 0 fully saturated rings. The Morgan fingerprint density at radius 2 is 1.81 bits per heavy atom. The average molecular weight is 349 g/mol. The van der Waals surface area contributed by atoms with E-state index in [1.54, 1.807) is 12.4 Å². The first-order valence-corrected chi connectivity index (χ1v) is 8.81. The lowest BCUT2D eigenvalue weighted by Crippen LogP contribution is -2.25. The van der Waals surface area contributed by atoms with Gasteiger partial charge >= 0.3 is 0 Å². The van der Waals surface area contributed by atoms with Crippen LogP contribution in [0, 0.1) is 0 Å². The number of aryl methyl sites for hydroxylation is 1. The molecule has 134 valence electrons. The summed E-state index contributed by atoms with van der Waals surface area (Å²) in [5, 5.41) is 2.99. The van der Waals surface area contributed by atoms with Gasteiger partial charge in [0.1, 0.15) is 11.4 Å². The second-order valence-corrected chi connectivity index (χ2v) is 5.90. The summed E-state index contributed by atoms with van der Waals surface area (Å²) < 4.78 is 7.40. The lowest BCUT2D eigenvalue weighted by molar-refractivity contribution is 0.0942. The van der Waals surface area contributed by atoms with Crippen LogP contribution < -0.4 is 10.1 Å². The molecule has 1 aromatic carbocycles. The molecule has 5 heteroatoms. The quantitative estimate of drug-likeness (QED) is 0.704. The molecule has 3 aromatic rings. The van der Waals surface area contributed by atoms with Gasteiger partial charge < -0.3 is 14.6 Å². The van der Waals surface area contributed by atoms with Crippen molar-refractivity contribution in [3.8, 4) is 16.9 Å². The fourth-order valence-electron chi connectivity index (χ4n) is 2.81. The van der Waals surface area contributed by atoms with Gasteiger partial charge in [-0.15, -0.1) is 0 Å². The van der Waals surface area contributed by atoms with Crippen LogP contribution in [-0.2, 0) is 13.1 Å². The van der Waals surface area contributed by atoms with Gasteiger partial charge in [0, 0.05) is 37.2 Å². The third-order valence-corrected chi connectivity index (χ3v) is 4.17. The van der Waals surface area contributed by atoms with E-state index in [0.717, 1.165) is 29.0 Å². The smallest absolute Gasteiger partial charge is 0.268 e. The third kappa shape index (κ3) is 4.11. The standard InChI is InChI=1S/C21H23N3O2/c1-3-24-15-18(17-9-11-22-12-10-17)13-20(24)21(25)23-14-16-5-7-19(8-6-16)26-4-2/h5-13,15H,3-4,14H2,1-2H3,(H,23,25). The second kappa shape index (κ2) is 8.34. The number of aromatic nitrogens is 2. The first-order valence-electron chi connectivity index (χ1n) is 8.81. The molecule has 2 heterocycles. The number of pyridine rings is 1. The van der Waals surface area contributed by atoms with Gasteiger partial charge in [0.15, 0.2) is 0 Å². The van der Waals surface area contributed by atoms with Crippen molar-refractivity contribution in [3.63, 3.8) is 0 Å². The monoisotopic (exact) mass is 349 g/mol. The lowest BCUT2D eigenvalue weighted by Gasteiger charge is -2.08. The number of benzene rings is 1. The molecule has 5 nitrogen and oxygen atoms in total. The van der Waals surface area contributed by atoms with Gasteiger partial charge in [-0.25, -0.2) is 0 Å². The Bertz CT molecular complexity index is 855. The number of carbonyl (C=O) groups is 1. The van der Waals surface area contributed by atoms with Crippen molar-refractivity contribution in [2.45, 2.75) is 26.9 Å². The maximum Gasteiger partial charge on any atom is 0.268 e. The van der Waals surface area contributed by atoms with Crippen LogP contribution in [0.15, 0.2) is 61.1 Å². The number of amides is 1. The fourth-order valence-corrected chi connectivity index (χ4v) is 2.81. The topological polar surface area (TPSA) is 56.1 Å². The molecule has 0 aliphatic rings. The molecule has 3 rings (SSSR count). The summed E-state index contributed by atoms with van der Waals surface area (Å²) in [7, 11) is 0. The predicted molar refractivity (Wildman–Crippen MR) is 102 cm³/mol. The van der Waals surface area contributed by atoms with Crippen molar-refractivity contribution in [2.75, 3.05) is 6.61 Å². The summed E-state index contributed by atoms with van der Waals surface area (Å²) in [4.78, 5) is 16.7. The second-order valence-electron chi connectivity index (χ2n) is 5.90. The van der Waals surface area contributed by atoms with Crippen LogP contribution in [0.2, 0.25) is 0 Å². The Balaban J connectivity index is 1.70. The Hall–Kier alpha value is -3.08. The number of carbonyl (C=O) groups excluding carboxylic acids is 1. The normalized spacial score (nSPS) is 10.5. The molecule has 1 N–H and O–H groups in total. The zero-order valence-electron chi connectivity index (χ0n) is 15.1. The van der Waals surface area contributed by atoms with Crippen LogP contribution >= 0.6 is 0 Å². The molecule has 0 radical (unpaired) electrons. The summed E-state index contributed by atoms with van der Waals surface area (Å²) in [6.07, 6.45) is 5.51. The van der Waals surface area contributed by atoms with Gasteiger partial charge in [-0.3, -0.25) is 9.78 Å². The Kier molecular flexibility index (Phi) is 5.69. The van der Waals surface area contributed by atoms with Gasteiger partial charge in [-0.05, 0) is 55.3 Å². The third-order valence-electron chi connectivity index (χ3n) is 4.17. The summed E-state index contributed by atoms with van der Waals surface area (Å²) in [5.41, 5.74) is 3.75. The SMILES string of the molecule is CCOc1ccc(CNC(=O)c2cc(-c3ccncc3)cn2CC)cc1. The van der Waals surface area contributed by atoms with E-state index >= 15 is 0 Å². The summed E-state index contributed by atoms with van der Waals surface area (Å²) in [6.45, 7) is 5.84. The fraction of sp³-hybridized carbons (Fsp3) is 0.238. The number of rotatable bonds is 7. The van der Waals surface area contributed by atoms with Crippen molar-refractivity contribution < 1.29 is 9.53 Å². The highest BCUT2D eigenvalue weighted by molar-refractivity contribution is 5.94. The molecule has 0 saturated heterocycles. The average Bonchev–Trinajstić information content (AvgIpc) is 3.13. The van der Waals surface area contributed by atoms with Crippen LogP contribution in [0.3, 0.4) is 0 Å². The number of hydrogen-bond donors (Lipinski definition) is 1. The molecule has 0 unspecified atom stereocenters. The van der Waals surface area contributed by atoms with Gasteiger partial charge in [0.25, 0.3) is 5.91 Å². The molecule has 1 amide bonds. The van der Waals surface area contributed by atoms with Crippen LogP contribution in [0.25, 0.3) is 11.1 Å². The van der Waals surface area contributed by atoms with E-state index in [9.17, 15) is 4.79 Å². The maximum absolute atomic E-state index is 12.6. The van der Waals surface area contributed by atoms with Gasteiger partial charge in [-0.2, -0.15) is 0 Å². The van der Waals surface area contributed by atoms with E-state index in [4.69, 9.17) is 4.74 Å². The molecule has 0 saturated carbocycles. The van der Waals surface area contributed by atoms with E-state index in [0.29, 0.717) is 18.8 Å². The van der Waals surface area contributed by atoms with Gasteiger partial charge in [0.2, 0.25) is 0 Å². The first kappa shape index (κ1) is 17.7. The number of nitrogens with one attached hydrogen (secondary N) is 1. The van der Waals surface area contributed by atoms with Gasteiger partial charge in [0.05, 0.1) is 6.61 Å². The Morgan fingerprint density at radius 1 is 1.08 bits per heavy atom. The van der Waals surface area contributed by atoms with Crippen molar-refractivity contribution in [3.05, 3.63) is 72.3 Å². The van der Waals surface area contributed by atoms with Crippen molar-refractivity contribution >= 4 is 5.91 Å².